The zero-order valence-corrected chi connectivity index (χ0v) is 17.1. The first kappa shape index (κ1) is 21.4. The smallest absolute Gasteiger partial charge is 0.321 e. The summed E-state index contributed by atoms with van der Waals surface area (Å²) in [6, 6.07) is 13.4. The summed E-state index contributed by atoms with van der Waals surface area (Å²) in [6.07, 6.45) is 6.92. The third kappa shape index (κ3) is 5.60. The summed E-state index contributed by atoms with van der Waals surface area (Å²) < 4.78 is 13.2. The number of nitrogens with one attached hydrogen (secondary N) is 1. The fourth-order valence-electron chi connectivity index (χ4n) is 3.68. The summed E-state index contributed by atoms with van der Waals surface area (Å²) in [4.78, 5) is 29.1. The van der Waals surface area contributed by atoms with Crippen LogP contribution in [0, 0.1) is 31.0 Å². The van der Waals surface area contributed by atoms with E-state index < -0.39 is 0 Å². The van der Waals surface area contributed by atoms with Crippen LogP contribution in [0.25, 0.3) is 0 Å². The van der Waals surface area contributed by atoms with Crippen LogP contribution in [-0.2, 0) is 11.3 Å². The summed E-state index contributed by atoms with van der Waals surface area (Å²) >= 11 is 0. The van der Waals surface area contributed by atoms with Gasteiger partial charge in [0.15, 0.2) is 0 Å². The highest BCUT2D eigenvalue weighted by molar-refractivity contribution is 5.90. The number of halogens is 1. The van der Waals surface area contributed by atoms with E-state index >= 15 is 0 Å². The predicted molar refractivity (Wildman–Crippen MR) is 115 cm³/mol. The molecule has 6 heteroatoms. The van der Waals surface area contributed by atoms with Gasteiger partial charge in [0.05, 0.1) is 12.5 Å². The van der Waals surface area contributed by atoms with Crippen LogP contribution in [0.1, 0.15) is 24.0 Å². The first-order chi connectivity index (χ1) is 14.5. The number of urea groups is 1. The summed E-state index contributed by atoms with van der Waals surface area (Å²) in [6.45, 7) is 3.40. The molecule has 1 fully saturated rings. The standard InChI is InChI=1S/C24H26FN3O2/c1-3-13-27(16-19-9-11-21(25)12-10-19)23(29)20-7-5-14-28(17-20)24(30)26-22-8-4-6-18(2)15-22/h1,4,6,8-12,15,20H,5,7,13-14,16-17H2,2H3,(H,26,30). The number of carbonyl (C=O) groups is 2. The number of terminal acetylenes is 1. The molecule has 1 aliphatic heterocycles. The molecule has 2 aromatic rings. The Morgan fingerprint density at radius 2 is 2.03 bits per heavy atom. The molecule has 1 unspecified atom stereocenters. The van der Waals surface area contributed by atoms with Crippen molar-refractivity contribution in [2.75, 3.05) is 25.0 Å². The van der Waals surface area contributed by atoms with Crippen molar-refractivity contribution in [2.45, 2.75) is 26.3 Å². The van der Waals surface area contributed by atoms with E-state index in [1.807, 2.05) is 31.2 Å². The van der Waals surface area contributed by atoms with Gasteiger partial charge in [0.1, 0.15) is 5.82 Å². The molecule has 5 nitrogen and oxygen atoms in total. The minimum Gasteiger partial charge on any atom is -0.327 e. The predicted octanol–water partition coefficient (Wildman–Crippen LogP) is 4.04. The topological polar surface area (TPSA) is 52.7 Å². The maximum absolute atomic E-state index is 13.2. The van der Waals surface area contributed by atoms with E-state index in [2.05, 4.69) is 11.2 Å². The Balaban J connectivity index is 1.64. The Morgan fingerprint density at radius 3 is 2.73 bits per heavy atom. The molecule has 3 rings (SSSR count). The van der Waals surface area contributed by atoms with Crippen molar-refractivity contribution < 1.29 is 14.0 Å². The highest BCUT2D eigenvalue weighted by Gasteiger charge is 2.31. The monoisotopic (exact) mass is 407 g/mol. The van der Waals surface area contributed by atoms with Crippen molar-refractivity contribution >= 4 is 17.6 Å². The van der Waals surface area contributed by atoms with Gasteiger partial charge >= 0.3 is 6.03 Å². The number of aryl methyl sites for hydroxylation is 1. The molecule has 156 valence electrons. The molecule has 1 heterocycles. The Kier molecular flexibility index (Phi) is 7.08. The molecule has 1 aliphatic rings. The quantitative estimate of drug-likeness (QED) is 0.761. The van der Waals surface area contributed by atoms with E-state index in [9.17, 15) is 14.0 Å². The van der Waals surface area contributed by atoms with E-state index in [-0.39, 0.29) is 30.2 Å². The molecule has 0 radical (unpaired) electrons. The van der Waals surface area contributed by atoms with Gasteiger partial charge in [0.25, 0.3) is 0 Å². The second-order valence-corrected chi connectivity index (χ2v) is 7.61. The zero-order chi connectivity index (χ0) is 21.5. The Hall–Kier alpha value is -3.33. The molecule has 3 amide bonds. The van der Waals surface area contributed by atoms with Crippen LogP contribution < -0.4 is 5.32 Å². The number of nitrogens with zero attached hydrogens (tertiary/aromatic N) is 2. The number of hydrogen-bond acceptors (Lipinski definition) is 2. The average molecular weight is 407 g/mol. The van der Waals surface area contributed by atoms with E-state index in [0.29, 0.717) is 26.1 Å². The molecule has 0 aliphatic carbocycles. The van der Waals surface area contributed by atoms with Crippen molar-refractivity contribution in [1.82, 2.24) is 9.80 Å². The van der Waals surface area contributed by atoms with Gasteiger partial charge in [-0.05, 0) is 55.2 Å². The SMILES string of the molecule is C#CCN(Cc1ccc(F)cc1)C(=O)C1CCCN(C(=O)Nc2cccc(C)c2)C1. The largest absolute Gasteiger partial charge is 0.327 e. The third-order valence-electron chi connectivity index (χ3n) is 5.21. The second-order valence-electron chi connectivity index (χ2n) is 7.61. The van der Waals surface area contributed by atoms with Gasteiger partial charge in [0.2, 0.25) is 5.91 Å². The number of rotatable bonds is 5. The van der Waals surface area contributed by atoms with E-state index in [1.54, 1.807) is 21.9 Å². The van der Waals surface area contributed by atoms with Crippen molar-refractivity contribution in [3.63, 3.8) is 0 Å². The second kappa shape index (κ2) is 9.93. The van der Waals surface area contributed by atoms with Crippen LogP contribution in [0.5, 0.6) is 0 Å². The first-order valence-electron chi connectivity index (χ1n) is 10.1. The van der Waals surface area contributed by atoms with Gasteiger partial charge in [-0.1, -0.05) is 30.2 Å². The fourth-order valence-corrected chi connectivity index (χ4v) is 3.68. The van der Waals surface area contributed by atoms with Crippen LogP contribution in [0.3, 0.4) is 0 Å². The van der Waals surface area contributed by atoms with Crippen molar-refractivity contribution in [3.05, 3.63) is 65.5 Å². The van der Waals surface area contributed by atoms with Gasteiger partial charge in [-0.15, -0.1) is 6.42 Å². The van der Waals surface area contributed by atoms with Gasteiger partial charge in [-0.2, -0.15) is 0 Å². The van der Waals surface area contributed by atoms with Gasteiger partial charge in [-0.25, -0.2) is 9.18 Å². The van der Waals surface area contributed by atoms with Crippen LogP contribution >= 0.6 is 0 Å². The lowest BCUT2D eigenvalue weighted by Crippen LogP contribution is -2.47. The molecule has 2 aromatic carbocycles. The molecule has 1 atom stereocenters. The van der Waals surface area contributed by atoms with E-state index in [1.165, 1.54) is 12.1 Å². The van der Waals surface area contributed by atoms with Crippen LogP contribution in [-0.4, -0.2) is 41.4 Å². The number of hydrogen-bond donors (Lipinski definition) is 1. The lowest BCUT2D eigenvalue weighted by atomic mass is 9.96. The molecule has 0 saturated carbocycles. The number of anilines is 1. The molecule has 1 saturated heterocycles. The Morgan fingerprint density at radius 1 is 1.27 bits per heavy atom. The first-order valence-corrected chi connectivity index (χ1v) is 10.1. The minimum atomic E-state index is -0.323. The summed E-state index contributed by atoms with van der Waals surface area (Å²) in [5, 5.41) is 2.91. The van der Waals surface area contributed by atoms with Crippen LogP contribution in [0.15, 0.2) is 48.5 Å². The number of carbonyl (C=O) groups excluding carboxylic acids is 2. The van der Waals surface area contributed by atoms with Crippen molar-refractivity contribution in [1.29, 1.82) is 0 Å². The summed E-state index contributed by atoms with van der Waals surface area (Å²) in [5.74, 6) is 1.82. The Labute approximate surface area is 176 Å². The Bertz CT molecular complexity index is 936. The van der Waals surface area contributed by atoms with E-state index in [0.717, 1.165) is 23.2 Å². The maximum Gasteiger partial charge on any atom is 0.321 e. The zero-order valence-electron chi connectivity index (χ0n) is 17.1. The molecule has 0 bridgehead atoms. The normalized spacial score (nSPS) is 15.9. The molecule has 1 N–H and O–H groups in total. The minimum absolute atomic E-state index is 0.0784. The van der Waals surface area contributed by atoms with Gasteiger partial charge < -0.3 is 15.1 Å². The lowest BCUT2D eigenvalue weighted by molar-refractivity contribution is -0.136. The molecule has 0 aromatic heterocycles. The highest BCUT2D eigenvalue weighted by Crippen LogP contribution is 2.21. The molecule has 0 spiro atoms. The van der Waals surface area contributed by atoms with Crippen LogP contribution in [0.2, 0.25) is 0 Å². The summed E-state index contributed by atoms with van der Waals surface area (Å²) in [5.41, 5.74) is 2.61. The van der Waals surface area contributed by atoms with Gasteiger partial charge in [-0.3, -0.25) is 4.79 Å². The number of piperidine rings is 1. The molecular weight excluding hydrogens is 381 g/mol. The third-order valence-corrected chi connectivity index (χ3v) is 5.21. The van der Waals surface area contributed by atoms with Crippen molar-refractivity contribution in [3.8, 4) is 12.3 Å². The van der Waals surface area contributed by atoms with Crippen LogP contribution in [0.4, 0.5) is 14.9 Å². The number of likely N-dealkylation sites (tertiary alicyclic amines) is 1. The fraction of sp³-hybridized carbons (Fsp3) is 0.333. The lowest BCUT2D eigenvalue weighted by Gasteiger charge is -2.34. The highest BCUT2D eigenvalue weighted by atomic mass is 19.1. The number of amides is 3. The van der Waals surface area contributed by atoms with Crippen molar-refractivity contribution in [2.24, 2.45) is 5.92 Å². The molecule has 30 heavy (non-hydrogen) atoms. The molecular formula is C24H26FN3O2. The number of benzene rings is 2. The summed E-state index contributed by atoms with van der Waals surface area (Å²) in [7, 11) is 0. The maximum atomic E-state index is 13.2. The van der Waals surface area contributed by atoms with E-state index in [4.69, 9.17) is 6.42 Å². The average Bonchev–Trinajstić information content (AvgIpc) is 2.74. The van der Waals surface area contributed by atoms with Gasteiger partial charge in [0, 0.05) is 25.3 Å².